The molecule has 2 atom stereocenters. The van der Waals surface area contributed by atoms with Crippen molar-refractivity contribution in [3.63, 3.8) is 0 Å². The van der Waals surface area contributed by atoms with Gasteiger partial charge in [0.25, 0.3) is 0 Å². The van der Waals surface area contributed by atoms with E-state index in [2.05, 4.69) is 14.9 Å². The smallest absolute Gasteiger partial charge is 0.310 e. The van der Waals surface area contributed by atoms with Crippen LogP contribution in [0.15, 0.2) is 17.3 Å². The van der Waals surface area contributed by atoms with Crippen molar-refractivity contribution in [3.05, 3.63) is 12.4 Å². The highest BCUT2D eigenvalue weighted by Crippen LogP contribution is 2.37. The van der Waals surface area contributed by atoms with Gasteiger partial charge in [0.2, 0.25) is 10.0 Å². The molecule has 0 aromatic carbocycles. The third-order valence-corrected chi connectivity index (χ3v) is 5.22. The minimum atomic E-state index is -3.73. The molecule has 0 aliphatic heterocycles. The topological polar surface area (TPSA) is 112 Å². The number of aromatic nitrogens is 2. The van der Waals surface area contributed by atoms with Crippen LogP contribution in [0.25, 0.3) is 0 Å². The Kier molecular flexibility index (Phi) is 3.64. The van der Waals surface area contributed by atoms with Crippen molar-refractivity contribution in [3.8, 4) is 0 Å². The lowest BCUT2D eigenvalue weighted by Gasteiger charge is -2.37. The fraction of sp³-hybridized carbons (Fsp3) is 0.636. The van der Waals surface area contributed by atoms with Crippen LogP contribution in [0.3, 0.4) is 0 Å². The Morgan fingerprint density at radius 3 is 2.89 bits per heavy atom. The summed E-state index contributed by atoms with van der Waals surface area (Å²) in [6, 6.07) is -0.598. The number of aromatic amines is 1. The third kappa shape index (κ3) is 2.64. The zero-order valence-corrected chi connectivity index (χ0v) is 11.4. The van der Waals surface area contributed by atoms with Crippen molar-refractivity contribution in [2.24, 2.45) is 5.41 Å². The second-order valence-electron chi connectivity index (χ2n) is 5.08. The van der Waals surface area contributed by atoms with Gasteiger partial charge in [0.1, 0.15) is 4.90 Å². The summed E-state index contributed by atoms with van der Waals surface area (Å²) >= 11 is 0. The number of sulfonamides is 1. The predicted octanol–water partition coefficient (Wildman–Crippen LogP) is 0.721. The number of aliphatic carboxylic acids is 1. The van der Waals surface area contributed by atoms with Gasteiger partial charge in [0.05, 0.1) is 11.6 Å². The van der Waals surface area contributed by atoms with Crippen LogP contribution in [0.2, 0.25) is 0 Å². The Bertz CT molecular complexity index is 555. The summed E-state index contributed by atoms with van der Waals surface area (Å²) < 4.78 is 26.7. The highest BCUT2D eigenvalue weighted by atomic mass is 32.2. The van der Waals surface area contributed by atoms with Crippen molar-refractivity contribution in [1.29, 1.82) is 0 Å². The number of carbonyl (C=O) groups is 1. The molecule has 2 unspecified atom stereocenters. The van der Waals surface area contributed by atoms with Crippen molar-refractivity contribution in [2.45, 2.75) is 43.5 Å². The summed E-state index contributed by atoms with van der Waals surface area (Å²) in [6.45, 7) is 1.59. The van der Waals surface area contributed by atoms with Crippen LogP contribution in [-0.2, 0) is 14.8 Å². The number of hydrogen-bond acceptors (Lipinski definition) is 4. The monoisotopic (exact) mass is 287 g/mol. The van der Waals surface area contributed by atoms with Gasteiger partial charge in [-0.2, -0.15) is 5.10 Å². The predicted molar refractivity (Wildman–Crippen MR) is 66.9 cm³/mol. The van der Waals surface area contributed by atoms with Crippen LogP contribution in [0.5, 0.6) is 0 Å². The minimum Gasteiger partial charge on any atom is -0.481 e. The average Bonchev–Trinajstić information content (AvgIpc) is 2.86. The van der Waals surface area contributed by atoms with E-state index in [1.165, 1.54) is 12.4 Å². The standard InChI is InChI=1S/C11H17N3O4S/c1-11(10(15)16)5-3-2-4-9(11)14-19(17,18)8-6-12-13-7-8/h6-7,9,14H,2-5H2,1H3,(H,12,13)(H,15,16). The number of nitrogens with zero attached hydrogens (tertiary/aromatic N) is 1. The van der Waals surface area contributed by atoms with Gasteiger partial charge in [0.15, 0.2) is 0 Å². The SMILES string of the molecule is CC1(C(=O)O)CCCCC1NS(=O)(=O)c1cn[nH]c1. The Morgan fingerprint density at radius 1 is 1.58 bits per heavy atom. The molecule has 0 amide bonds. The van der Waals surface area contributed by atoms with E-state index in [1.807, 2.05) is 0 Å². The van der Waals surface area contributed by atoms with E-state index in [1.54, 1.807) is 6.92 Å². The summed E-state index contributed by atoms with van der Waals surface area (Å²) in [5, 5.41) is 15.4. The molecule has 1 aromatic heterocycles. The minimum absolute atomic E-state index is 0.0193. The first-order valence-corrected chi connectivity index (χ1v) is 7.59. The quantitative estimate of drug-likeness (QED) is 0.755. The molecule has 0 bridgehead atoms. The fourth-order valence-electron chi connectivity index (χ4n) is 2.42. The molecule has 2 rings (SSSR count). The van der Waals surface area contributed by atoms with Crippen molar-refractivity contribution in [2.75, 3.05) is 0 Å². The Hall–Kier alpha value is -1.41. The molecule has 106 valence electrons. The maximum absolute atomic E-state index is 12.1. The van der Waals surface area contributed by atoms with Gasteiger partial charge >= 0.3 is 5.97 Å². The summed E-state index contributed by atoms with van der Waals surface area (Å²) in [5.74, 6) is -0.966. The van der Waals surface area contributed by atoms with E-state index in [4.69, 9.17) is 0 Å². The fourth-order valence-corrected chi connectivity index (χ4v) is 3.71. The van der Waals surface area contributed by atoms with Gasteiger partial charge in [0, 0.05) is 12.2 Å². The molecule has 0 radical (unpaired) electrons. The maximum atomic E-state index is 12.1. The number of rotatable bonds is 4. The second-order valence-corrected chi connectivity index (χ2v) is 6.79. The van der Waals surface area contributed by atoms with Crippen molar-refractivity contribution >= 4 is 16.0 Å². The highest BCUT2D eigenvalue weighted by Gasteiger charge is 2.44. The molecular weight excluding hydrogens is 270 g/mol. The Morgan fingerprint density at radius 2 is 2.32 bits per heavy atom. The molecule has 0 spiro atoms. The summed E-state index contributed by atoms with van der Waals surface area (Å²) in [5.41, 5.74) is -1.06. The molecule has 0 saturated heterocycles. The van der Waals surface area contributed by atoms with Gasteiger partial charge in [-0.15, -0.1) is 0 Å². The van der Waals surface area contributed by atoms with Crippen LogP contribution < -0.4 is 4.72 Å². The second kappa shape index (κ2) is 4.93. The van der Waals surface area contributed by atoms with Crippen LogP contribution in [0.1, 0.15) is 32.6 Å². The average molecular weight is 287 g/mol. The van der Waals surface area contributed by atoms with Crippen LogP contribution in [-0.4, -0.2) is 35.7 Å². The van der Waals surface area contributed by atoms with Crippen LogP contribution in [0, 0.1) is 5.41 Å². The molecular formula is C11H17N3O4S. The first kappa shape index (κ1) is 14.0. The first-order valence-electron chi connectivity index (χ1n) is 6.11. The largest absolute Gasteiger partial charge is 0.481 e. The highest BCUT2D eigenvalue weighted by molar-refractivity contribution is 7.89. The van der Waals surface area contributed by atoms with Crippen molar-refractivity contribution in [1.82, 2.24) is 14.9 Å². The third-order valence-electron chi connectivity index (χ3n) is 3.78. The molecule has 1 aromatic rings. The number of H-pyrrole nitrogens is 1. The Labute approximate surface area is 111 Å². The van der Waals surface area contributed by atoms with Gasteiger partial charge in [-0.3, -0.25) is 9.89 Å². The van der Waals surface area contributed by atoms with Gasteiger partial charge in [-0.05, 0) is 19.8 Å². The van der Waals surface area contributed by atoms with E-state index < -0.39 is 27.4 Å². The summed E-state index contributed by atoms with van der Waals surface area (Å²) in [7, 11) is -3.73. The normalized spacial score (nSPS) is 28.2. The molecule has 3 N–H and O–H groups in total. The Balaban J connectivity index is 2.24. The molecule has 8 heteroatoms. The molecule has 1 heterocycles. The molecule has 1 aliphatic rings. The molecule has 1 aliphatic carbocycles. The molecule has 1 fully saturated rings. The van der Waals surface area contributed by atoms with E-state index in [9.17, 15) is 18.3 Å². The van der Waals surface area contributed by atoms with Gasteiger partial charge < -0.3 is 5.11 Å². The maximum Gasteiger partial charge on any atom is 0.310 e. The number of carboxylic acids is 1. The number of nitrogens with one attached hydrogen (secondary N) is 2. The lowest BCUT2D eigenvalue weighted by molar-refractivity contribution is -0.151. The summed E-state index contributed by atoms with van der Waals surface area (Å²) in [6.07, 6.45) is 5.08. The number of carboxylic acid groups (broad SMARTS) is 1. The van der Waals surface area contributed by atoms with Gasteiger partial charge in [-0.1, -0.05) is 12.8 Å². The van der Waals surface area contributed by atoms with E-state index >= 15 is 0 Å². The number of hydrogen-bond donors (Lipinski definition) is 3. The zero-order valence-electron chi connectivity index (χ0n) is 10.6. The van der Waals surface area contributed by atoms with Crippen molar-refractivity contribution < 1.29 is 18.3 Å². The molecule has 7 nitrogen and oxygen atoms in total. The van der Waals surface area contributed by atoms with Crippen LogP contribution in [0.4, 0.5) is 0 Å². The van der Waals surface area contributed by atoms with E-state index in [-0.39, 0.29) is 4.90 Å². The zero-order chi connectivity index (χ0) is 14.1. The summed E-state index contributed by atoms with van der Waals surface area (Å²) in [4.78, 5) is 11.4. The molecule has 1 saturated carbocycles. The lowest BCUT2D eigenvalue weighted by Crippen LogP contribution is -2.52. The van der Waals surface area contributed by atoms with E-state index in [0.29, 0.717) is 12.8 Å². The van der Waals surface area contributed by atoms with Gasteiger partial charge in [-0.25, -0.2) is 13.1 Å². The van der Waals surface area contributed by atoms with E-state index in [0.717, 1.165) is 12.8 Å². The first-order chi connectivity index (χ1) is 8.86. The molecule has 19 heavy (non-hydrogen) atoms. The van der Waals surface area contributed by atoms with Crippen LogP contribution >= 0.6 is 0 Å². The lowest BCUT2D eigenvalue weighted by atomic mass is 9.72.